The van der Waals surface area contributed by atoms with Crippen LogP contribution in [0.1, 0.15) is 6.42 Å². The monoisotopic (exact) mass is 172 g/mol. The average Bonchev–Trinajstić information content (AvgIpc) is 2.34. The highest BCUT2D eigenvalue weighted by atomic mass is 16.4. The number of hydrogen-bond acceptors (Lipinski definition) is 4. The molecule has 1 aliphatic rings. The third-order valence-corrected chi connectivity index (χ3v) is 1.57. The molecule has 3 N–H and O–H groups in total. The number of hydrogen-bond donors (Lipinski definition) is 3. The van der Waals surface area contributed by atoms with Crippen LogP contribution in [0.2, 0.25) is 0 Å². The maximum atomic E-state index is 10.9. The van der Waals surface area contributed by atoms with Crippen LogP contribution in [-0.4, -0.2) is 34.4 Å². The van der Waals surface area contributed by atoms with E-state index in [1.54, 1.807) is 0 Å². The Morgan fingerprint density at radius 3 is 2.83 bits per heavy atom. The van der Waals surface area contributed by atoms with Crippen LogP contribution in [0.3, 0.4) is 0 Å². The van der Waals surface area contributed by atoms with Gasteiger partial charge in [0, 0.05) is 6.61 Å². The number of carbonyl (C=O) groups is 2. The van der Waals surface area contributed by atoms with E-state index in [9.17, 15) is 9.59 Å². The molecule has 0 aromatic carbocycles. The predicted molar refractivity (Wildman–Crippen MR) is 38.4 cm³/mol. The number of aliphatic hydroxyl groups excluding tert-OH is 1. The molecule has 1 heterocycles. The van der Waals surface area contributed by atoms with Crippen LogP contribution >= 0.6 is 0 Å². The summed E-state index contributed by atoms with van der Waals surface area (Å²) in [6, 6.07) is 0. The number of hydrazone groups is 1. The van der Waals surface area contributed by atoms with Gasteiger partial charge in [0.05, 0.1) is 5.92 Å². The molecule has 12 heavy (non-hydrogen) atoms. The second kappa shape index (κ2) is 3.31. The Balaban J connectivity index is 2.74. The van der Waals surface area contributed by atoms with Gasteiger partial charge in [-0.3, -0.25) is 4.79 Å². The fourth-order valence-corrected chi connectivity index (χ4v) is 0.989. The lowest BCUT2D eigenvalue weighted by Crippen LogP contribution is -2.28. The van der Waals surface area contributed by atoms with Gasteiger partial charge in [0.2, 0.25) is 5.91 Å². The van der Waals surface area contributed by atoms with Gasteiger partial charge in [0.25, 0.3) is 0 Å². The summed E-state index contributed by atoms with van der Waals surface area (Å²) in [6.45, 7) is -0.232. The quantitative estimate of drug-likeness (QED) is 0.485. The third kappa shape index (κ3) is 1.42. The molecule has 0 aromatic heterocycles. The minimum absolute atomic E-state index is 0.0942. The zero-order chi connectivity index (χ0) is 9.14. The van der Waals surface area contributed by atoms with Gasteiger partial charge in [-0.2, -0.15) is 5.10 Å². The maximum absolute atomic E-state index is 10.9. The van der Waals surface area contributed by atoms with E-state index in [0.29, 0.717) is 0 Å². The highest BCUT2D eigenvalue weighted by Gasteiger charge is 2.33. The molecule has 1 amide bonds. The molecule has 1 rings (SSSR count). The van der Waals surface area contributed by atoms with Crippen LogP contribution < -0.4 is 5.43 Å². The molecule has 1 atom stereocenters. The highest BCUT2D eigenvalue weighted by molar-refractivity contribution is 6.41. The SMILES string of the molecule is O=C(O)C1=NNC(=O)C1CCO. The van der Waals surface area contributed by atoms with Crippen LogP contribution in [0.15, 0.2) is 5.10 Å². The van der Waals surface area contributed by atoms with Crippen molar-refractivity contribution in [3.63, 3.8) is 0 Å². The number of carbonyl (C=O) groups excluding carboxylic acids is 1. The van der Waals surface area contributed by atoms with E-state index in [0.717, 1.165) is 0 Å². The van der Waals surface area contributed by atoms with Crippen LogP contribution in [0, 0.1) is 5.92 Å². The van der Waals surface area contributed by atoms with Crippen molar-refractivity contribution in [2.45, 2.75) is 6.42 Å². The summed E-state index contributed by atoms with van der Waals surface area (Å²) >= 11 is 0. The second-order valence-electron chi connectivity index (χ2n) is 2.34. The normalized spacial score (nSPS) is 21.9. The number of nitrogens with zero attached hydrogens (tertiary/aromatic N) is 1. The average molecular weight is 172 g/mol. The first-order valence-electron chi connectivity index (χ1n) is 3.38. The van der Waals surface area contributed by atoms with Crippen LogP contribution in [-0.2, 0) is 9.59 Å². The van der Waals surface area contributed by atoms with Crippen molar-refractivity contribution in [2.24, 2.45) is 11.0 Å². The van der Waals surface area contributed by atoms with E-state index in [2.05, 4.69) is 5.10 Å². The standard InChI is InChI=1S/C6H8N2O4/c9-2-1-3-4(6(11)12)7-8-5(3)10/h3,9H,1-2H2,(H,8,10)(H,11,12). The molecule has 0 saturated heterocycles. The first-order chi connectivity index (χ1) is 5.66. The minimum atomic E-state index is -1.23. The Kier molecular flexibility index (Phi) is 2.39. The fraction of sp³-hybridized carbons (Fsp3) is 0.500. The van der Waals surface area contributed by atoms with Crippen molar-refractivity contribution in [2.75, 3.05) is 6.61 Å². The topological polar surface area (TPSA) is 99.0 Å². The van der Waals surface area contributed by atoms with Gasteiger partial charge in [0.1, 0.15) is 0 Å². The van der Waals surface area contributed by atoms with E-state index in [-0.39, 0.29) is 18.7 Å². The largest absolute Gasteiger partial charge is 0.477 e. The zero-order valence-corrected chi connectivity index (χ0v) is 6.15. The summed E-state index contributed by atoms with van der Waals surface area (Å²) < 4.78 is 0. The van der Waals surface area contributed by atoms with E-state index in [4.69, 9.17) is 10.2 Å². The molecule has 0 aromatic rings. The smallest absolute Gasteiger partial charge is 0.352 e. The van der Waals surface area contributed by atoms with Crippen molar-refractivity contribution in [1.29, 1.82) is 0 Å². The highest BCUT2D eigenvalue weighted by Crippen LogP contribution is 2.11. The molecule has 1 aliphatic heterocycles. The van der Waals surface area contributed by atoms with Crippen molar-refractivity contribution >= 4 is 17.6 Å². The van der Waals surface area contributed by atoms with Crippen molar-refractivity contribution < 1.29 is 19.8 Å². The third-order valence-electron chi connectivity index (χ3n) is 1.57. The van der Waals surface area contributed by atoms with Crippen LogP contribution in [0.5, 0.6) is 0 Å². The molecule has 0 aliphatic carbocycles. The predicted octanol–water partition coefficient (Wildman–Crippen LogP) is -1.44. The Morgan fingerprint density at radius 2 is 2.33 bits per heavy atom. The van der Waals surface area contributed by atoms with E-state index in [1.165, 1.54) is 0 Å². The number of aliphatic hydroxyl groups is 1. The number of carboxylic acid groups (broad SMARTS) is 1. The van der Waals surface area contributed by atoms with Gasteiger partial charge in [-0.1, -0.05) is 0 Å². The van der Waals surface area contributed by atoms with Gasteiger partial charge >= 0.3 is 5.97 Å². The molecule has 66 valence electrons. The lowest BCUT2D eigenvalue weighted by Gasteiger charge is -2.03. The summed E-state index contributed by atoms with van der Waals surface area (Å²) in [7, 11) is 0. The van der Waals surface area contributed by atoms with Crippen molar-refractivity contribution in [1.82, 2.24) is 5.43 Å². The molecule has 0 bridgehead atoms. The number of aliphatic carboxylic acids is 1. The van der Waals surface area contributed by atoms with Crippen molar-refractivity contribution in [3.8, 4) is 0 Å². The van der Waals surface area contributed by atoms with Gasteiger partial charge in [0.15, 0.2) is 5.71 Å². The Morgan fingerprint density at radius 1 is 1.67 bits per heavy atom. The Bertz CT molecular complexity index is 248. The van der Waals surface area contributed by atoms with Gasteiger partial charge in [-0.05, 0) is 6.42 Å². The summed E-state index contributed by atoms with van der Waals surface area (Å²) in [5.41, 5.74) is 1.82. The van der Waals surface area contributed by atoms with Crippen LogP contribution in [0.25, 0.3) is 0 Å². The molecule has 0 spiro atoms. The molecule has 0 fully saturated rings. The number of rotatable bonds is 3. The van der Waals surface area contributed by atoms with E-state index < -0.39 is 17.8 Å². The second-order valence-corrected chi connectivity index (χ2v) is 2.34. The molecule has 0 radical (unpaired) electrons. The van der Waals surface area contributed by atoms with Gasteiger partial charge in [-0.15, -0.1) is 0 Å². The molecule has 0 saturated carbocycles. The zero-order valence-electron chi connectivity index (χ0n) is 6.15. The Hall–Kier alpha value is -1.43. The number of amides is 1. The lowest BCUT2D eigenvalue weighted by atomic mass is 10.0. The van der Waals surface area contributed by atoms with Crippen molar-refractivity contribution in [3.05, 3.63) is 0 Å². The number of nitrogens with one attached hydrogen (secondary N) is 1. The van der Waals surface area contributed by atoms with Gasteiger partial charge in [-0.25, -0.2) is 10.2 Å². The molecular weight excluding hydrogens is 164 g/mol. The first-order valence-corrected chi connectivity index (χ1v) is 3.38. The summed E-state index contributed by atoms with van der Waals surface area (Å²) in [5.74, 6) is -2.51. The summed E-state index contributed by atoms with van der Waals surface area (Å²) in [6.07, 6.45) is 0.0942. The molecular formula is C6H8N2O4. The molecule has 1 unspecified atom stereocenters. The first kappa shape index (κ1) is 8.66. The van der Waals surface area contributed by atoms with E-state index >= 15 is 0 Å². The number of carboxylic acids is 1. The fourth-order valence-electron chi connectivity index (χ4n) is 0.989. The summed E-state index contributed by atoms with van der Waals surface area (Å²) in [5, 5.41) is 20.4. The summed E-state index contributed by atoms with van der Waals surface area (Å²) in [4.78, 5) is 21.3. The Labute approximate surface area is 67.9 Å². The lowest BCUT2D eigenvalue weighted by molar-refractivity contribution is -0.130. The van der Waals surface area contributed by atoms with Gasteiger partial charge < -0.3 is 10.2 Å². The molecule has 6 nitrogen and oxygen atoms in total. The maximum Gasteiger partial charge on any atom is 0.352 e. The minimum Gasteiger partial charge on any atom is -0.477 e. The van der Waals surface area contributed by atoms with E-state index in [1.807, 2.05) is 5.43 Å². The molecule has 6 heteroatoms. The van der Waals surface area contributed by atoms with Crippen LogP contribution in [0.4, 0.5) is 0 Å².